The molecule has 1 amide bonds. The van der Waals surface area contributed by atoms with Gasteiger partial charge in [-0.05, 0) is 25.5 Å². The lowest BCUT2D eigenvalue weighted by Gasteiger charge is -2.25. The summed E-state index contributed by atoms with van der Waals surface area (Å²) in [6, 6.07) is 10.3. The SMILES string of the molecule is CCC(C)(NC(=O)c1cc(Cl)c2ccccc2c1OCc1ccc(C(F)(F)F)nc1)C(=O)O. The summed E-state index contributed by atoms with van der Waals surface area (Å²) in [4.78, 5) is 28.1. The van der Waals surface area contributed by atoms with Gasteiger partial charge in [-0.2, -0.15) is 13.2 Å². The van der Waals surface area contributed by atoms with E-state index >= 15 is 0 Å². The van der Waals surface area contributed by atoms with Crippen LogP contribution in [0.2, 0.25) is 5.02 Å². The number of benzene rings is 2. The van der Waals surface area contributed by atoms with Crippen molar-refractivity contribution in [3.63, 3.8) is 0 Å². The number of aromatic nitrogens is 1. The van der Waals surface area contributed by atoms with Crippen LogP contribution in [0.4, 0.5) is 13.2 Å². The van der Waals surface area contributed by atoms with Crippen LogP contribution in [-0.4, -0.2) is 27.5 Å². The molecule has 174 valence electrons. The topological polar surface area (TPSA) is 88.5 Å². The zero-order valence-corrected chi connectivity index (χ0v) is 18.4. The minimum absolute atomic E-state index is 0.000467. The van der Waals surface area contributed by atoms with E-state index in [9.17, 15) is 27.9 Å². The molecule has 0 aliphatic heterocycles. The molecule has 10 heteroatoms. The molecule has 3 rings (SSSR count). The van der Waals surface area contributed by atoms with E-state index in [-0.39, 0.29) is 29.4 Å². The summed E-state index contributed by atoms with van der Waals surface area (Å²) in [5.41, 5.74) is -2.21. The van der Waals surface area contributed by atoms with Gasteiger partial charge in [-0.25, -0.2) is 4.79 Å². The number of fused-ring (bicyclic) bond motifs is 1. The van der Waals surface area contributed by atoms with Crippen molar-refractivity contribution in [1.82, 2.24) is 10.3 Å². The van der Waals surface area contributed by atoms with Gasteiger partial charge in [-0.1, -0.05) is 48.9 Å². The van der Waals surface area contributed by atoms with E-state index in [0.717, 1.165) is 12.3 Å². The number of ether oxygens (including phenoxy) is 1. The number of nitrogens with zero attached hydrogens (tertiary/aromatic N) is 1. The Hall–Kier alpha value is -3.33. The van der Waals surface area contributed by atoms with Crippen LogP contribution in [0.1, 0.15) is 41.9 Å². The maximum atomic E-state index is 13.1. The van der Waals surface area contributed by atoms with Gasteiger partial charge in [0, 0.05) is 27.6 Å². The number of pyridine rings is 1. The minimum Gasteiger partial charge on any atom is -0.487 e. The van der Waals surface area contributed by atoms with Crippen LogP contribution in [-0.2, 0) is 17.6 Å². The Labute approximate surface area is 192 Å². The van der Waals surface area contributed by atoms with Gasteiger partial charge in [-0.15, -0.1) is 0 Å². The number of hydrogen-bond donors (Lipinski definition) is 2. The normalized spacial score (nSPS) is 13.4. The van der Waals surface area contributed by atoms with E-state index in [1.807, 2.05) is 0 Å². The first kappa shape index (κ1) is 24.3. The van der Waals surface area contributed by atoms with E-state index in [2.05, 4.69) is 10.3 Å². The zero-order valence-electron chi connectivity index (χ0n) is 17.7. The Morgan fingerprint density at radius 3 is 2.36 bits per heavy atom. The first-order valence-corrected chi connectivity index (χ1v) is 10.3. The summed E-state index contributed by atoms with van der Waals surface area (Å²) in [6.07, 6.45) is -3.39. The monoisotopic (exact) mass is 480 g/mol. The second kappa shape index (κ2) is 9.27. The van der Waals surface area contributed by atoms with Gasteiger partial charge < -0.3 is 15.2 Å². The second-order valence-corrected chi connectivity index (χ2v) is 7.97. The van der Waals surface area contributed by atoms with Crippen molar-refractivity contribution in [3.8, 4) is 5.75 Å². The summed E-state index contributed by atoms with van der Waals surface area (Å²) < 4.78 is 44.1. The largest absolute Gasteiger partial charge is 0.487 e. The molecule has 1 aromatic heterocycles. The minimum atomic E-state index is -4.56. The number of rotatable bonds is 7. The number of carbonyl (C=O) groups excluding carboxylic acids is 1. The fraction of sp³-hybridized carbons (Fsp3) is 0.261. The van der Waals surface area contributed by atoms with Gasteiger partial charge in [-0.3, -0.25) is 9.78 Å². The summed E-state index contributed by atoms with van der Waals surface area (Å²) >= 11 is 6.35. The van der Waals surface area contributed by atoms with E-state index < -0.39 is 29.3 Å². The average Bonchev–Trinajstić information content (AvgIpc) is 2.77. The number of amides is 1. The predicted octanol–water partition coefficient (Wildman–Crippen LogP) is 5.47. The molecule has 0 saturated carbocycles. The predicted molar refractivity (Wildman–Crippen MR) is 116 cm³/mol. The Kier molecular flexibility index (Phi) is 6.83. The van der Waals surface area contributed by atoms with Gasteiger partial charge in [0.15, 0.2) is 0 Å². The van der Waals surface area contributed by atoms with E-state index in [1.54, 1.807) is 31.2 Å². The third-order valence-electron chi connectivity index (χ3n) is 5.26. The Bertz CT molecular complexity index is 1200. The summed E-state index contributed by atoms with van der Waals surface area (Å²) in [5.74, 6) is -1.80. The molecule has 1 atom stereocenters. The van der Waals surface area contributed by atoms with Gasteiger partial charge in [0.1, 0.15) is 23.6 Å². The van der Waals surface area contributed by atoms with Crippen molar-refractivity contribution >= 4 is 34.2 Å². The maximum absolute atomic E-state index is 13.1. The maximum Gasteiger partial charge on any atom is 0.433 e. The number of halogens is 4. The van der Waals surface area contributed by atoms with E-state index in [1.165, 1.54) is 19.1 Å². The molecular weight excluding hydrogens is 461 g/mol. The first-order chi connectivity index (χ1) is 15.5. The number of carboxylic acid groups (broad SMARTS) is 1. The molecule has 0 bridgehead atoms. The summed E-state index contributed by atoms with van der Waals surface area (Å²) in [6.45, 7) is 2.82. The zero-order chi connectivity index (χ0) is 24.4. The van der Waals surface area contributed by atoms with Crippen LogP contribution in [0, 0.1) is 0 Å². The molecule has 0 saturated heterocycles. The third-order valence-corrected chi connectivity index (χ3v) is 5.57. The van der Waals surface area contributed by atoms with Crippen LogP contribution < -0.4 is 10.1 Å². The molecule has 0 radical (unpaired) electrons. The number of nitrogens with one attached hydrogen (secondary N) is 1. The van der Waals surface area contributed by atoms with Crippen LogP contribution in [0.25, 0.3) is 10.8 Å². The number of carbonyl (C=O) groups is 2. The van der Waals surface area contributed by atoms with Crippen LogP contribution in [0.5, 0.6) is 5.75 Å². The molecule has 2 N–H and O–H groups in total. The number of alkyl halides is 3. The van der Waals surface area contributed by atoms with Crippen molar-refractivity contribution in [3.05, 3.63) is 70.5 Å². The fourth-order valence-electron chi connectivity index (χ4n) is 3.07. The Balaban J connectivity index is 1.99. The molecule has 2 aromatic carbocycles. The van der Waals surface area contributed by atoms with Crippen LogP contribution >= 0.6 is 11.6 Å². The number of hydrogen-bond acceptors (Lipinski definition) is 4. The highest BCUT2D eigenvalue weighted by molar-refractivity contribution is 6.36. The highest BCUT2D eigenvalue weighted by Gasteiger charge is 2.34. The Morgan fingerprint density at radius 2 is 1.82 bits per heavy atom. The molecule has 3 aromatic rings. The summed E-state index contributed by atoms with van der Waals surface area (Å²) in [7, 11) is 0. The average molecular weight is 481 g/mol. The number of carboxylic acids is 1. The molecule has 1 heterocycles. The van der Waals surface area contributed by atoms with Gasteiger partial charge >= 0.3 is 12.1 Å². The van der Waals surface area contributed by atoms with Crippen LogP contribution in [0.15, 0.2) is 48.7 Å². The fourth-order valence-corrected chi connectivity index (χ4v) is 3.35. The first-order valence-electron chi connectivity index (χ1n) is 9.88. The number of aliphatic carboxylic acids is 1. The lowest BCUT2D eigenvalue weighted by Crippen LogP contribution is -2.51. The van der Waals surface area contributed by atoms with Crippen molar-refractivity contribution in [2.75, 3.05) is 0 Å². The lowest BCUT2D eigenvalue weighted by atomic mass is 9.97. The second-order valence-electron chi connectivity index (χ2n) is 7.56. The van der Waals surface area contributed by atoms with E-state index in [0.29, 0.717) is 16.3 Å². The van der Waals surface area contributed by atoms with Crippen molar-refractivity contribution < 1.29 is 32.6 Å². The van der Waals surface area contributed by atoms with Gasteiger partial charge in [0.05, 0.1) is 5.56 Å². The van der Waals surface area contributed by atoms with Crippen molar-refractivity contribution in [1.29, 1.82) is 0 Å². The summed E-state index contributed by atoms with van der Waals surface area (Å²) in [5, 5.41) is 13.3. The van der Waals surface area contributed by atoms with Gasteiger partial charge in [0.25, 0.3) is 5.91 Å². The quantitative estimate of drug-likeness (QED) is 0.468. The Morgan fingerprint density at radius 1 is 1.15 bits per heavy atom. The third kappa shape index (κ3) is 5.19. The molecule has 0 fully saturated rings. The van der Waals surface area contributed by atoms with Crippen molar-refractivity contribution in [2.45, 2.75) is 38.6 Å². The van der Waals surface area contributed by atoms with Crippen molar-refractivity contribution in [2.24, 2.45) is 0 Å². The molecule has 0 aliphatic carbocycles. The highest BCUT2D eigenvalue weighted by atomic mass is 35.5. The molecular formula is C23H20ClF3N2O4. The smallest absolute Gasteiger partial charge is 0.433 e. The standard InChI is InChI=1S/C23H20ClF3N2O4/c1-3-22(2,21(31)32)29-20(30)16-10-17(24)14-6-4-5-7-15(14)19(16)33-12-13-8-9-18(28-11-13)23(25,26)27/h4-11H,3,12H2,1-2H3,(H,29,30)(H,31,32). The molecule has 1 unspecified atom stereocenters. The van der Waals surface area contributed by atoms with Crippen LogP contribution in [0.3, 0.4) is 0 Å². The van der Waals surface area contributed by atoms with E-state index in [4.69, 9.17) is 16.3 Å². The molecule has 0 spiro atoms. The van der Waals surface area contributed by atoms with Gasteiger partial charge in [0.2, 0.25) is 0 Å². The molecule has 0 aliphatic rings. The highest BCUT2D eigenvalue weighted by Crippen LogP contribution is 2.36. The molecule has 6 nitrogen and oxygen atoms in total. The molecule has 33 heavy (non-hydrogen) atoms. The lowest BCUT2D eigenvalue weighted by molar-refractivity contribution is -0.144.